The SMILES string of the molecule is COc1ccc(/C=C/C(=O)Nc2ccc3c(c2)N(C(=O)C2CC2)CC3)cc1OC. The summed E-state index contributed by atoms with van der Waals surface area (Å²) in [5.74, 6) is 1.40. The monoisotopic (exact) mass is 392 g/mol. The Morgan fingerprint density at radius 1 is 1.07 bits per heavy atom. The molecule has 0 atom stereocenters. The van der Waals surface area contributed by atoms with Gasteiger partial charge in [-0.05, 0) is 60.7 Å². The first-order chi connectivity index (χ1) is 14.1. The highest BCUT2D eigenvalue weighted by Crippen LogP contribution is 2.37. The normalized spacial score (nSPS) is 15.3. The lowest BCUT2D eigenvalue weighted by atomic mass is 10.1. The maximum absolute atomic E-state index is 12.5. The Morgan fingerprint density at radius 2 is 1.86 bits per heavy atom. The molecule has 1 saturated carbocycles. The number of hydrogen-bond acceptors (Lipinski definition) is 4. The molecule has 6 heteroatoms. The summed E-state index contributed by atoms with van der Waals surface area (Å²) in [4.78, 5) is 26.7. The van der Waals surface area contributed by atoms with E-state index in [1.165, 1.54) is 6.08 Å². The third-order valence-electron chi connectivity index (χ3n) is 5.28. The quantitative estimate of drug-likeness (QED) is 0.762. The maximum atomic E-state index is 12.5. The molecule has 29 heavy (non-hydrogen) atoms. The minimum atomic E-state index is -0.238. The van der Waals surface area contributed by atoms with Gasteiger partial charge < -0.3 is 19.7 Å². The average molecular weight is 392 g/mol. The van der Waals surface area contributed by atoms with Crippen LogP contribution in [-0.2, 0) is 16.0 Å². The summed E-state index contributed by atoms with van der Waals surface area (Å²) < 4.78 is 10.5. The van der Waals surface area contributed by atoms with Crippen LogP contribution in [0, 0.1) is 5.92 Å². The maximum Gasteiger partial charge on any atom is 0.248 e. The number of hydrogen-bond donors (Lipinski definition) is 1. The number of fused-ring (bicyclic) bond motifs is 1. The number of nitrogens with zero attached hydrogens (tertiary/aromatic N) is 1. The van der Waals surface area contributed by atoms with Crippen LogP contribution in [0.15, 0.2) is 42.5 Å². The van der Waals surface area contributed by atoms with Gasteiger partial charge in [-0.25, -0.2) is 0 Å². The van der Waals surface area contributed by atoms with Crippen molar-refractivity contribution < 1.29 is 19.1 Å². The molecular formula is C23H24N2O4. The largest absolute Gasteiger partial charge is 0.493 e. The molecule has 6 nitrogen and oxygen atoms in total. The number of carbonyl (C=O) groups excluding carboxylic acids is 2. The van der Waals surface area contributed by atoms with Gasteiger partial charge in [0.05, 0.1) is 14.2 Å². The van der Waals surface area contributed by atoms with Crippen molar-refractivity contribution >= 4 is 29.3 Å². The third kappa shape index (κ3) is 4.11. The van der Waals surface area contributed by atoms with Gasteiger partial charge in [0.15, 0.2) is 11.5 Å². The molecule has 1 heterocycles. The molecule has 0 aromatic heterocycles. The summed E-state index contributed by atoms with van der Waals surface area (Å²) in [5, 5.41) is 2.88. The van der Waals surface area contributed by atoms with Gasteiger partial charge in [0.1, 0.15) is 0 Å². The molecule has 4 rings (SSSR count). The number of benzene rings is 2. The van der Waals surface area contributed by atoms with E-state index in [9.17, 15) is 9.59 Å². The molecule has 1 N–H and O–H groups in total. The standard InChI is InChI=1S/C23H24N2O4/c1-28-20-9-3-15(13-21(20)29-2)4-10-22(26)24-18-8-7-16-11-12-25(19(16)14-18)23(27)17-5-6-17/h3-4,7-10,13-14,17H,5-6,11-12H2,1-2H3,(H,24,26)/b10-4+. The zero-order valence-electron chi connectivity index (χ0n) is 16.6. The first-order valence-corrected chi connectivity index (χ1v) is 9.74. The van der Waals surface area contributed by atoms with Crippen molar-refractivity contribution in [3.05, 3.63) is 53.6 Å². The van der Waals surface area contributed by atoms with E-state index in [0.717, 1.165) is 42.6 Å². The topological polar surface area (TPSA) is 67.9 Å². The van der Waals surface area contributed by atoms with Crippen LogP contribution in [0.4, 0.5) is 11.4 Å². The van der Waals surface area contributed by atoms with Crippen molar-refractivity contribution in [2.75, 3.05) is 31.0 Å². The molecule has 0 spiro atoms. The molecule has 0 radical (unpaired) electrons. The van der Waals surface area contributed by atoms with Crippen LogP contribution in [0.1, 0.15) is 24.0 Å². The number of amides is 2. The first-order valence-electron chi connectivity index (χ1n) is 9.74. The number of nitrogens with one attached hydrogen (secondary N) is 1. The van der Waals surface area contributed by atoms with Crippen LogP contribution < -0.4 is 19.7 Å². The van der Waals surface area contributed by atoms with Crippen molar-refractivity contribution in [2.24, 2.45) is 5.92 Å². The minimum absolute atomic E-state index is 0.184. The van der Waals surface area contributed by atoms with Crippen LogP contribution >= 0.6 is 0 Å². The lowest BCUT2D eigenvalue weighted by Gasteiger charge is -2.17. The van der Waals surface area contributed by atoms with E-state index in [-0.39, 0.29) is 17.7 Å². The van der Waals surface area contributed by atoms with Gasteiger partial charge in [-0.3, -0.25) is 9.59 Å². The lowest BCUT2D eigenvalue weighted by Crippen LogP contribution is -2.30. The highest BCUT2D eigenvalue weighted by atomic mass is 16.5. The Labute approximate surface area is 170 Å². The minimum Gasteiger partial charge on any atom is -0.493 e. The molecule has 150 valence electrons. The predicted molar refractivity (Wildman–Crippen MR) is 112 cm³/mol. The second-order valence-electron chi connectivity index (χ2n) is 7.29. The number of carbonyl (C=O) groups is 2. The molecule has 2 amide bonds. The van der Waals surface area contributed by atoms with Gasteiger partial charge in [0.25, 0.3) is 0 Å². The van der Waals surface area contributed by atoms with E-state index < -0.39 is 0 Å². The fourth-order valence-corrected chi connectivity index (χ4v) is 3.55. The molecular weight excluding hydrogens is 368 g/mol. The summed E-state index contributed by atoms with van der Waals surface area (Å²) in [6, 6.07) is 11.2. The van der Waals surface area contributed by atoms with Crippen LogP contribution in [0.3, 0.4) is 0 Å². The molecule has 1 fully saturated rings. The van der Waals surface area contributed by atoms with Crippen molar-refractivity contribution in [2.45, 2.75) is 19.3 Å². The predicted octanol–water partition coefficient (Wildman–Crippen LogP) is 3.65. The van der Waals surface area contributed by atoms with E-state index >= 15 is 0 Å². The number of ether oxygens (including phenoxy) is 2. The van der Waals surface area contributed by atoms with Crippen LogP contribution in [0.2, 0.25) is 0 Å². The second kappa shape index (κ2) is 7.99. The summed E-state index contributed by atoms with van der Waals surface area (Å²) in [6.45, 7) is 0.723. The smallest absolute Gasteiger partial charge is 0.248 e. The van der Waals surface area contributed by atoms with Gasteiger partial charge >= 0.3 is 0 Å². The Bertz CT molecular complexity index is 979. The summed E-state index contributed by atoms with van der Waals surface area (Å²) in [5.41, 5.74) is 3.58. The van der Waals surface area contributed by atoms with Crippen LogP contribution in [-0.4, -0.2) is 32.6 Å². The number of anilines is 2. The van der Waals surface area contributed by atoms with Crippen molar-refractivity contribution in [1.29, 1.82) is 0 Å². The Kier molecular flexibility index (Phi) is 5.25. The Balaban J connectivity index is 1.44. The highest BCUT2D eigenvalue weighted by Gasteiger charge is 2.36. The summed E-state index contributed by atoms with van der Waals surface area (Å²) >= 11 is 0. The molecule has 2 aromatic rings. The van der Waals surface area contributed by atoms with E-state index in [2.05, 4.69) is 5.32 Å². The van der Waals surface area contributed by atoms with Crippen LogP contribution in [0.5, 0.6) is 11.5 Å². The first kappa shape index (κ1) is 19.1. The Hall–Kier alpha value is -3.28. The highest BCUT2D eigenvalue weighted by molar-refractivity contribution is 6.03. The number of methoxy groups -OCH3 is 2. The zero-order chi connectivity index (χ0) is 20.4. The van der Waals surface area contributed by atoms with Crippen LogP contribution in [0.25, 0.3) is 6.08 Å². The fraction of sp³-hybridized carbons (Fsp3) is 0.304. The van der Waals surface area contributed by atoms with E-state index in [0.29, 0.717) is 17.2 Å². The zero-order valence-corrected chi connectivity index (χ0v) is 16.6. The molecule has 0 saturated heterocycles. The molecule has 0 unspecified atom stereocenters. The van der Waals surface area contributed by atoms with Gasteiger partial charge in [-0.15, -0.1) is 0 Å². The number of rotatable bonds is 6. The second-order valence-corrected chi connectivity index (χ2v) is 7.29. The fourth-order valence-electron chi connectivity index (χ4n) is 3.55. The summed E-state index contributed by atoms with van der Waals surface area (Å²) in [6.07, 6.45) is 6.03. The van der Waals surface area contributed by atoms with Crippen molar-refractivity contribution in [3.8, 4) is 11.5 Å². The third-order valence-corrected chi connectivity index (χ3v) is 5.28. The molecule has 0 bridgehead atoms. The lowest BCUT2D eigenvalue weighted by molar-refractivity contribution is -0.119. The van der Waals surface area contributed by atoms with Gasteiger partial charge in [-0.1, -0.05) is 12.1 Å². The molecule has 1 aliphatic heterocycles. The van der Waals surface area contributed by atoms with E-state index in [4.69, 9.17) is 9.47 Å². The van der Waals surface area contributed by atoms with E-state index in [1.54, 1.807) is 32.4 Å². The molecule has 2 aliphatic rings. The van der Waals surface area contributed by atoms with Crippen molar-refractivity contribution in [3.63, 3.8) is 0 Å². The molecule has 2 aromatic carbocycles. The Morgan fingerprint density at radius 3 is 2.59 bits per heavy atom. The van der Waals surface area contributed by atoms with E-state index in [1.807, 2.05) is 29.2 Å². The van der Waals surface area contributed by atoms with Gasteiger partial charge in [-0.2, -0.15) is 0 Å². The van der Waals surface area contributed by atoms with Gasteiger partial charge in [0, 0.05) is 29.9 Å². The van der Waals surface area contributed by atoms with Crippen molar-refractivity contribution in [1.82, 2.24) is 0 Å². The summed E-state index contributed by atoms with van der Waals surface area (Å²) in [7, 11) is 3.15. The average Bonchev–Trinajstić information content (AvgIpc) is 3.51. The van der Waals surface area contributed by atoms with Gasteiger partial charge in [0.2, 0.25) is 11.8 Å². The molecule has 1 aliphatic carbocycles.